The number of carbonyl (C=O) groups is 1. The number of piperidine rings is 1. The maximum atomic E-state index is 12.0. The number of halogens is 4. The number of ether oxygens (including phenoxy) is 1. The van der Waals surface area contributed by atoms with Crippen LogP contribution in [0.25, 0.3) is 0 Å². The van der Waals surface area contributed by atoms with E-state index >= 15 is 0 Å². The first-order chi connectivity index (χ1) is 9.44. The maximum Gasteiger partial charge on any atom is 0.573 e. The van der Waals surface area contributed by atoms with Crippen molar-refractivity contribution in [1.29, 1.82) is 0 Å². The standard InChI is InChI=1S/C13H15F3N2O2.ClH/c14-13(15,16)20-10-6-4-9(5-7-10)18-12(19)11-3-1-2-8-17-11;/h4-7,11,17H,1-3,8H2,(H,18,19);1H/t11-;/m1./s1. The molecule has 1 saturated heterocycles. The van der Waals surface area contributed by atoms with E-state index in [2.05, 4.69) is 15.4 Å². The molecule has 1 aliphatic heterocycles. The molecule has 1 atom stereocenters. The molecular formula is C13H16ClF3N2O2. The van der Waals surface area contributed by atoms with Crippen LogP contribution in [0, 0.1) is 0 Å². The second-order valence-corrected chi connectivity index (χ2v) is 4.56. The summed E-state index contributed by atoms with van der Waals surface area (Å²) in [5, 5.41) is 5.76. The van der Waals surface area contributed by atoms with Crippen molar-refractivity contribution in [1.82, 2.24) is 5.32 Å². The van der Waals surface area contributed by atoms with Crippen LogP contribution in [0.4, 0.5) is 18.9 Å². The van der Waals surface area contributed by atoms with Crippen molar-refractivity contribution in [2.24, 2.45) is 0 Å². The van der Waals surface area contributed by atoms with Gasteiger partial charge in [0.25, 0.3) is 0 Å². The zero-order chi connectivity index (χ0) is 14.6. The van der Waals surface area contributed by atoms with Crippen molar-refractivity contribution >= 4 is 24.0 Å². The van der Waals surface area contributed by atoms with Gasteiger partial charge in [0.1, 0.15) is 5.75 Å². The second kappa shape index (κ2) is 7.51. The Morgan fingerprint density at radius 1 is 1.24 bits per heavy atom. The summed E-state index contributed by atoms with van der Waals surface area (Å²) in [6.45, 7) is 0.802. The van der Waals surface area contributed by atoms with E-state index < -0.39 is 6.36 Å². The molecule has 4 nitrogen and oxygen atoms in total. The Hall–Kier alpha value is -1.47. The summed E-state index contributed by atoms with van der Waals surface area (Å²) in [4.78, 5) is 11.9. The normalized spacial score (nSPS) is 18.5. The van der Waals surface area contributed by atoms with Crippen LogP contribution in [0.15, 0.2) is 24.3 Å². The summed E-state index contributed by atoms with van der Waals surface area (Å²) in [5.74, 6) is -0.486. The number of rotatable bonds is 3. The fourth-order valence-corrected chi connectivity index (χ4v) is 2.04. The highest BCUT2D eigenvalue weighted by Gasteiger charge is 2.31. The van der Waals surface area contributed by atoms with Crippen molar-refractivity contribution in [3.05, 3.63) is 24.3 Å². The van der Waals surface area contributed by atoms with Gasteiger partial charge in [0.2, 0.25) is 5.91 Å². The monoisotopic (exact) mass is 324 g/mol. The van der Waals surface area contributed by atoms with E-state index in [0.717, 1.165) is 37.9 Å². The van der Waals surface area contributed by atoms with Crippen LogP contribution >= 0.6 is 12.4 Å². The lowest BCUT2D eigenvalue weighted by Crippen LogP contribution is -2.43. The maximum absolute atomic E-state index is 12.0. The molecule has 1 aliphatic rings. The highest BCUT2D eigenvalue weighted by Crippen LogP contribution is 2.24. The smallest absolute Gasteiger partial charge is 0.406 e. The Morgan fingerprint density at radius 3 is 2.43 bits per heavy atom. The zero-order valence-electron chi connectivity index (χ0n) is 11.1. The Bertz CT molecular complexity index is 459. The summed E-state index contributed by atoms with van der Waals surface area (Å²) in [6, 6.07) is 4.84. The molecule has 118 valence electrons. The van der Waals surface area contributed by atoms with Crippen molar-refractivity contribution in [2.75, 3.05) is 11.9 Å². The Labute approximate surface area is 126 Å². The van der Waals surface area contributed by atoms with E-state index in [-0.39, 0.29) is 30.1 Å². The first kappa shape index (κ1) is 17.6. The quantitative estimate of drug-likeness (QED) is 0.898. The molecule has 2 N–H and O–H groups in total. The topological polar surface area (TPSA) is 50.4 Å². The van der Waals surface area contributed by atoms with Crippen molar-refractivity contribution in [3.8, 4) is 5.75 Å². The average Bonchev–Trinajstić information content (AvgIpc) is 2.40. The van der Waals surface area contributed by atoms with Crippen LogP contribution in [0.3, 0.4) is 0 Å². The van der Waals surface area contributed by atoms with Gasteiger partial charge in [-0.05, 0) is 43.7 Å². The average molecular weight is 325 g/mol. The molecule has 0 radical (unpaired) electrons. The van der Waals surface area contributed by atoms with E-state index in [9.17, 15) is 18.0 Å². The molecular weight excluding hydrogens is 309 g/mol. The molecule has 0 aromatic heterocycles. The summed E-state index contributed by atoms with van der Waals surface area (Å²) < 4.78 is 39.7. The Kier molecular flexibility index (Phi) is 6.29. The van der Waals surface area contributed by atoms with Crippen LogP contribution in [-0.4, -0.2) is 24.9 Å². The summed E-state index contributed by atoms with van der Waals surface area (Å²) >= 11 is 0. The van der Waals surface area contributed by atoms with Crippen molar-refractivity contribution in [3.63, 3.8) is 0 Å². The fraction of sp³-hybridized carbons (Fsp3) is 0.462. The molecule has 1 amide bonds. The van der Waals surface area contributed by atoms with E-state index in [1.54, 1.807) is 0 Å². The highest BCUT2D eigenvalue weighted by molar-refractivity contribution is 5.94. The number of hydrogen-bond acceptors (Lipinski definition) is 3. The zero-order valence-corrected chi connectivity index (χ0v) is 11.9. The fourth-order valence-electron chi connectivity index (χ4n) is 2.04. The predicted molar refractivity (Wildman–Crippen MR) is 74.6 cm³/mol. The van der Waals surface area contributed by atoms with E-state index in [4.69, 9.17) is 0 Å². The minimum atomic E-state index is -4.71. The summed E-state index contributed by atoms with van der Waals surface area (Å²) in [5.41, 5.74) is 0.442. The van der Waals surface area contributed by atoms with Crippen LogP contribution in [0.1, 0.15) is 19.3 Å². The van der Waals surface area contributed by atoms with Crippen molar-refractivity contribution in [2.45, 2.75) is 31.7 Å². The molecule has 1 fully saturated rings. The van der Waals surface area contributed by atoms with Gasteiger partial charge in [-0.25, -0.2) is 0 Å². The number of carbonyl (C=O) groups excluding carboxylic acids is 1. The lowest BCUT2D eigenvalue weighted by Gasteiger charge is -2.22. The lowest BCUT2D eigenvalue weighted by atomic mass is 10.0. The van der Waals surface area contributed by atoms with Crippen LogP contribution in [0.5, 0.6) is 5.75 Å². The third-order valence-corrected chi connectivity index (χ3v) is 2.98. The highest BCUT2D eigenvalue weighted by atomic mass is 35.5. The van der Waals surface area contributed by atoms with Gasteiger partial charge in [0, 0.05) is 5.69 Å². The molecule has 0 bridgehead atoms. The number of nitrogens with one attached hydrogen (secondary N) is 2. The Morgan fingerprint density at radius 2 is 1.90 bits per heavy atom. The second-order valence-electron chi connectivity index (χ2n) is 4.56. The summed E-state index contributed by atoms with van der Waals surface area (Å²) in [6.07, 6.45) is -1.91. The van der Waals surface area contributed by atoms with Gasteiger partial charge in [-0.15, -0.1) is 25.6 Å². The number of amides is 1. The minimum Gasteiger partial charge on any atom is -0.406 e. The van der Waals surface area contributed by atoms with Gasteiger partial charge in [-0.3, -0.25) is 4.79 Å². The summed E-state index contributed by atoms with van der Waals surface area (Å²) in [7, 11) is 0. The molecule has 2 rings (SSSR count). The van der Waals surface area contributed by atoms with Crippen LogP contribution in [0.2, 0.25) is 0 Å². The SMILES string of the molecule is Cl.O=C(Nc1ccc(OC(F)(F)F)cc1)[C@H]1CCCCN1. The molecule has 0 saturated carbocycles. The molecule has 21 heavy (non-hydrogen) atoms. The molecule has 1 aromatic rings. The predicted octanol–water partition coefficient (Wildman–Crippen LogP) is 3.09. The minimum absolute atomic E-state index is 0. The first-order valence-corrected chi connectivity index (χ1v) is 6.34. The van der Waals surface area contributed by atoms with Gasteiger partial charge in [-0.1, -0.05) is 6.42 Å². The number of benzene rings is 1. The molecule has 0 aliphatic carbocycles. The van der Waals surface area contributed by atoms with Gasteiger partial charge >= 0.3 is 6.36 Å². The number of hydrogen-bond donors (Lipinski definition) is 2. The van der Waals surface area contributed by atoms with Gasteiger partial charge in [0.15, 0.2) is 0 Å². The first-order valence-electron chi connectivity index (χ1n) is 6.34. The number of anilines is 1. The van der Waals surface area contributed by atoms with E-state index in [1.807, 2.05) is 0 Å². The largest absolute Gasteiger partial charge is 0.573 e. The third kappa shape index (κ3) is 5.81. The van der Waals surface area contributed by atoms with E-state index in [1.165, 1.54) is 12.1 Å². The van der Waals surface area contributed by atoms with Crippen LogP contribution in [-0.2, 0) is 4.79 Å². The third-order valence-electron chi connectivity index (χ3n) is 2.98. The molecule has 0 unspecified atom stereocenters. The van der Waals surface area contributed by atoms with Crippen LogP contribution < -0.4 is 15.4 Å². The molecule has 1 aromatic carbocycles. The van der Waals surface area contributed by atoms with E-state index in [0.29, 0.717) is 5.69 Å². The Balaban J connectivity index is 0.00000220. The number of alkyl halides is 3. The molecule has 0 spiro atoms. The molecule has 8 heteroatoms. The lowest BCUT2D eigenvalue weighted by molar-refractivity contribution is -0.274. The van der Waals surface area contributed by atoms with Gasteiger partial charge in [-0.2, -0.15) is 0 Å². The molecule has 1 heterocycles. The van der Waals surface area contributed by atoms with Gasteiger partial charge < -0.3 is 15.4 Å². The van der Waals surface area contributed by atoms with Gasteiger partial charge in [0.05, 0.1) is 6.04 Å². The van der Waals surface area contributed by atoms with Crippen molar-refractivity contribution < 1.29 is 22.7 Å².